The summed E-state index contributed by atoms with van der Waals surface area (Å²) in [5.41, 5.74) is -1.01. The van der Waals surface area contributed by atoms with Crippen molar-refractivity contribution in [1.29, 1.82) is 0 Å². The molecule has 11 heteroatoms. The number of carbonyl (C=O) groups excluding carboxylic acids is 3. The van der Waals surface area contributed by atoms with Crippen LogP contribution in [0.3, 0.4) is 0 Å². The quantitative estimate of drug-likeness (QED) is 0.308. The SMILES string of the molecule is CCN1C(=O)C2(/C(=C(/O)c3ccc(S(=O)(=O)N(C)C)cc3)C(=O)C(=O)N2CCCN(C)C)c2ccccc21. The van der Waals surface area contributed by atoms with Crippen LogP contribution in [0.1, 0.15) is 24.5 Å². The maximum absolute atomic E-state index is 14.2. The van der Waals surface area contributed by atoms with Crippen LogP contribution in [0, 0.1) is 0 Å². The van der Waals surface area contributed by atoms with Gasteiger partial charge in [0, 0.05) is 38.3 Å². The van der Waals surface area contributed by atoms with Gasteiger partial charge in [-0.05, 0) is 64.3 Å². The standard InChI is InChI=1S/C27H32N4O6S/c1-6-30-21-11-8-7-10-20(21)27(26(30)35)22(24(33)25(34)31(27)17-9-16-28(2)3)23(32)18-12-14-19(15-13-18)38(36,37)29(4)5/h7-8,10-15,32H,6,9,16-17H2,1-5H3/b23-22+. The Morgan fingerprint density at radius 2 is 1.61 bits per heavy atom. The van der Waals surface area contributed by atoms with Crippen molar-refractivity contribution in [2.24, 2.45) is 0 Å². The predicted molar refractivity (Wildman–Crippen MR) is 143 cm³/mol. The number of aliphatic hydroxyl groups is 1. The van der Waals surface area contributed by atoms with E-state index in [1.807, 2.05) is 19.0 Å². The fourth-order valence-corrected chi connectivity index (χ4v) is 6.07. The summed E-state index contributed by atoms with van der Waals surface area (Å²) in [4.78, 5) is 45.9. The molecule has 0 saturated carbocycles. The largest absolute Gasteiger partial charge is 0.507 e. The third-order valence-corrected chi connectivity index (χ3v) is 8.85. The molecule has 2 aliphatic rings. The number of Topliss-reactive ketones (excluding diaryl/α,β-unsaturated/α-hetero) is 1. The zero-order valence-corrected chi connectivity index (χ0v) is 22.9. The summed E-state index contributed by atoms with van der Waals surface area (Å²) < 4.78 is 26.1. The van der Waals surface area contributed by atoms with Crippen molar-refractivity contribution in [1.82, 2.24) is 14.1 Å². The number of amides is 2. The molecule has 10 nitrogen and oxygen atoms in total. The van der Waals surface area contributed by atoms with Gasteiger partial charge in [-0.3, -0.25) is 14.4 Å². The van der Waals surface area contributed by atoms with Crippen molar-refractivity contribution >= 4 is 39.1 Å². The molecule has 1 unspecified atom stereocenters. The number of hydrogen-bond acceptors (Lipinski definition) is 7. The number of anilines is 1. The first kappa shape index (κ1) is 27.5. The number of aliphatic hydroxyl groups excluding tert-OH is 1. The predicted octanol–water partition coefficient (Wildman–Crippen LogP) is 1.83. The normalized spacial score (nSPS) is 20.9. The Morgan fingerprint density at radius 3 is 2.18 bits per heavy atom. The monoisotopic (exact) mass is 540 g/mol. The Morgan fingerprint density at radius 1 is 0.974 bits per heavy atom. The van der Waals surface area contributed by atoms with Crippen LogP contribution in [0.15, 0.2) is 59.0 Å². The minimum absolute atomic E-state index is 0.00246. The molecule has 2 aliphatic heterocycles. The second-order valence-electron chi connectivity index (χ2n) is 9.76. The van der Waals surface area contributed by atoms with E-state index in [1.165, 1.54) is 48.2 Å². The highest BCUT2D eigenvalue weighted by atomic mass is 32.2. The van der Waals surface area contributed by atoms with Gasteiger partial charge < -0.3 is 19.8 Å². The molecule has 2 heterocycles. The number of fused-ring (bicyclic) bond motifs is 2. The van der Waals surface area contributed by atoms with E-state index in [0.29, 0.717) is 30.8 Å². The van der Waals surface area contributed by atoms with E-state index >= 15 is 0 Å². The highest BCUT2D eigenvalue weighted by Gasteiger charge is 2.66. The maximum atomic E-state index is 14.2. The van der Waals surface area contributed by atoms with E-state index in [4.69, 9.17) is 0 Å². The molecule has 0 aliphatic carbocycles. The number of nitrogens with zero attached hydrogens (tertiary/aromatic N) is 4. The lowest BCUT2D eigenvalue weighted by molar-refractivity contribution is -0.143. The van der Waals surface area contributed by atoms with Crippen molar-refractivity contribution in [2.45, 2.75) is 23.8 Å². The Balaban J connectivity index is 1.95. The molecule has 1 fully saturated rings. The van der Waals surface area contributed by atoms with Crippen LogP contribution in [0.4, 0.5) is 5.69 Å². The van der Waals surface area contributed by atoms with Gasteiger partial charge in [-0.1, -0.05) is 18.2 Å². The first-order chi connectivity index (χ1) is 17.9. The van der Waals surface area contributed by atoms with Crippen molar-refractivity contribution in [3.05, 3.63) is 65.2 Å². The fourth-order valence-electron chi connectivity index (χ4n) is 5.17. The highest BCUT2D eigenvalue weighted by Crippen LogP contribution is 2.53. The zero-order valence-electron chi connectivity index (χ0n) is 22.1. The molecule has 38 heavy (non-hydrogen) atoms. The van der Waals surface area contributed by atoms with E-state index in [-0.39, 0.29) is 22.6 Å². The van der Waals surface area contributed by atoms with Crippen LogP contribution >= 0.6 is 0 Å². The van der Waals surface area contributed by atoms with E-state index in [0.717, 1.165) is 4.31 Å². The number of likely N-dealkylation sites (tertiary alicyclic amines) is 1. The summed E-state index contributed by atoms with van der Waals surface area (Å²) in [5, 5.41) is 11.5. The lowest BCUT2D eigenvalue weighted by Gasteiger charge is -2.34. The minimum Gasteiger partial charge on any atom is -0.507 e. The summed E-state index contributed by atoms with van der Waals surface area (Å²) in [7, 11) is 2.86. The molecule has 1 spiro atoms. The van der Waals surface area contributed by atoms with Gasteiger partial charge in [-0.25, -0.2) is 12.7 Å². The van der Waals surface area contributed by atoms with Gasteiger partial charge in [-0.15, -0.1) is 0 Å². The molecule has 1 N–H and O–H groups in total. The third kappa shape index (κ3) is 4.01. The Kier molecular flexibility index (Phi) is 7.21. The smallest absolute Gasteiger partial charge is 0.296 e. The molecule has 202 valence electrons. The second kappa shape index (κ2) is 9.97. The molecule has 4 rings (SSSR count). The van der Waals surface area contributed by atoms with E-state index in [1.54, 1.807) is 31.2 Å². The summed E-state index contributed by atoms with van der Waals surface area (Å²) in [6.45, 7) is 2.85. The molecule has 2 amide bonds. The molecule has 0 radical (unpaired) electrons. The molecular weight excluding hydrogens is 508 g/mol. The van der Waals surface area contributed by atoms with Crippen LogP contribution in [0.2, 0.25) is 0 Å². The maximum Gasteiger partial charge on any atom is 0.296 e. The Bertz CT molecular complexity index is 1430. The lowest BCUT2D eigenvalue weighted by Crippen LogP contribution is -2.52. The molecule has 1 saturated heterocycles. The van der Waals surface area contributed by atoms with Gasteiger partial charge in [0.05, 0.1) is 16.2 Å². The lowest BCUT2D eigenvalue weighted by atomic mass is 9.82. The third-order valence-electron chi connectivity index (χ3n) is 7.02. The van der Waals surface area contributed by atoms with Gasteiger partial charge in [0.25, 0.3) is 17.6 Å². The van der Waals surface area contributed by atoms with Crippen molar-refractivity contribution in [3.8, 4) is 0 Å². The van der Waals surface area contributed by atoms with Gasteiger partial charge in [0.1, 0.15) is 5.76 Å². The average Bonchev–Trinajstić information content (AvgIpc) is 3.26. The van der Waals surface area contributed by atoms with E-state index < -0.39 is 38.9 Å². The fraction of sp³-hybridized carbons (Fsp3) is 0.370. The summed E-state index contributed by atoms with van der Waals surface area (Å²) >= 11 is 0. The van der Waals surface area contributed by atoms with Gasteiger partial charge in [0.2, 0.25) is 10.0 Å². The number of benzene rings is 2. The van der Waals surface area contributed by atoms with Crippen molar-refractivity contribution < 1.29 is 27.9 Å². The number of ketones is 1. The van der Waals surface area contributed by atoms with Crippen LogP contribution in [-0.2, 0) is 29.9 Å². The highest BCUT2D eigenvalue weighted by molar-refractivity contribution is 7.89. The number of hydrogen-bond donors (Lipinski definition) is 1. The molecule has 1 atom stereocenters. The minimum atomic E-state index is -3.72. The summed E-state index contributed by atoms with van der Waals surface area (Å²) in [6, 6.07) is 12.3. The van der Waals surface area contributed by atoms with Crippen LogP contribution in [-0.4, -0.2) is 93.1 Å². The second-order valence-corrected chi connectivity index (χ2v) is 11.9. The summed E-state index contributed by atoms with van der Waals surface area (Å²) in [6.07, 6.45) is 0.500. The van der Waals surface area contributed by atoms with Crippen molar-refractivity contribution in [3.63, 3.8) is 0 Å². The topological polar surface area (TPSA) is 119 Å². The van der Waals surface area contributed by atoms with Crippen LogP contribution in [0.5, 0.6) is 0 Å². The number of para-hydroxylation sites is 1. The van der Waals surface area contributed by atoms with Gasteiger partial charge in [0.15, 0.2) is 5.54 Å². The van der Waals surface area contributed by atoms with E-state index in [9.17, 15) is 27.9 Å². The van der Waals surface area contributed by atoms with Crippen LogP contribution in [0.25, 0.3) is 5.76 Å². The number of rotatable bonds is 8. The van der Waals surface area contributed by atoms with Gasteiger partial charge >= 0.3 is 0 Å². The first-order valence-corrected chi connectivity index (χ1v) is 13.7. The molecular formula is C27H32N4O6S. The molecule has 2 aromatic carbocycles. The summed E-state index contributed by atoms with van der Waals surface area (Å²) in [5.74, 6) is -2.84. The molecule has 0 aromatic heterocycles. The number of sulfonamides is 1. The zero-order chi connectivity index (χ0) is 28.0. The molecule has 0 bridgehead atoms. The van der Waals surface area contributed by atoms with Gasteiger partial charge in [-0.2, -0.15) is 0 Å². The van der Waals surface area contributed by atoms with Crippen LogP contribution < -0.4 is 4.90 Å². The number of likely N-dealkylation sites (N-methyl/N-ethyl adjacent to an activating group) is 1. The first-order valence-electron chi connectivity index (χ1n) is 12.3. The van der Waals surface area contributed by atoms with E-state index in [2.05, 4.69) is 0 Å². The Hall–Kier alpha value is -3.54. The Labute approximate surface area is 222 Å². The van der Waals surface area contributed by atoms with Crippen molar-refractivity contribution in [2.75, 3.05) is 52.7 Å². The average molecular weight is 541 g/mol. The molecule has 2 aromatic rings. The number of carbonyl (C=O) groups is 3.